The molecule has 27 heavy (non-hydrogen) atoms. The first-order chi connectivity index (χ1) is 13.0. The van der Waals surface area contributed by atoms with Crippen molar-refractivity contribution >= 4 is 23.4 Å². The van der Waals surface area contributed by atoms with Crippen molar-refractivity contribution in [2.24, 2.45) is 5.92 Å². The Bertz CT molecular complexity index is 697. The molecule has 2 fully saturated rings. The van der Waals surface area contributed by atoms with Crippen LogP contribution in [0, 0.1) is 5.92 Å². The van der Waals surface area contributed by atoms with Gasteiger partial charge in [0.25, 0.3) is 0 Å². The monoisotopic (exact) mass is 371 g/mol. The first-order valence-electron chi connectivity index (χ1n) is 10.00. The summed E-state index contributed by atoms with van der Waals surface area (Å²) in [5.41, 5.74) is 1.75. The summed E-state index contributed by atoms with van der Waals surface area (Å²) >= 11 is 0. The molecule has 1 heterocycles. The van der Waals surface area contributed by atoms with Crippen LogP contribution in [0.5, 0.6) is 0 Å². The van der Waals surface area contributed by atoms with Crippen LogP contribution in [0.1, 0.15) is 64.0 Å². The Morgan fingerprint density at radius 1 is 1.07 bits per heavy atom. The number of piperidine rings is 1. The Hall–Kier alpha value is -2.37. The molecule has 3 rings (SSSR count). The van der Waals surface area contributed by atoms with Crippen LogP contribution < -0.4 is 10.6 Å². The first-order valence-corrected chi connectivity index (χ1v) is 10.00. The van der Waals surface area contributed by atoms with Crippen LogP contribution in [0.2, 0.25) is 0 Å². The lowest BCUT2D eigenvalue weighted by atomic mass is 10.00. The molecule has 2 aliphatic rings. The Kier molecular flexibility index (Phi) is 6.14. The molecule has 6 nitrogen and oxygen atoms in total. The largest absolute Gasteiger partial charge is 0.348 e. The summed E-state index contributed by atoms with van der Waals surface area (Å²) in [6.07, 6.45) is 5.02. The predicted octanol–water partition coefficient (Wildman–Crippen LogP) is 3.00. The molecule has 146 valence electrons. The summed E-state index contributed by atoms with van der Waals surface area (Å²) in [6.45, 7) is 4.43. The maximum atomic E-state index is 12.7. The first kappa shape index (κ1) is 19.4. The molecule has 0 radical (unpaired) electrons. The number of carbonyl (C=O) groups is 3. The highest BCUT2D eigenvalue weighted by Gasteiger charge is 2.32. The molecule has 1 aliphatic carbocycles. The number of benzene rings is 1. The average molecular weight is 371 g/mol. The van der Waals surface area contributed by atoms with Gasteiger partial charge in [0.2, 0.25) is 17.7 Å². The molecule has 2 atom stereocenters. The second kappa shape index (κ2) is 8.55. The number of likely N-dealkylation sites (tertiary alicyclic amines) is 1. The molecule has 1 aromatic rings. The van der Waals surface area contributed by atoms with E-state index >= 15 is 0 Å². The van der Waals surface area contributed by atoms with Crippen LogP contribution in [0.15, 0.2) is 24.3 Å². The van der Waals surface area contributed by atoms with Gasteiger partial charge in [-0.2, -0.15) is 0 Å². The number of amides is 3. The summed E-state index contributed by atoms with van der Waals surface area (Å²) in [6, 6.07) is 7.04. The maximum Gasteiger partial charge on any atom is 0.243 e. The zero-order valence-corrected chi connectivity index (χ0v) is 16.2. The van der Waals surface area contributed by atoms with E-state index in [0.29, 0.717) is 13.0 Å². The van der Waals surface area contributed by atoms with Crippen molar-refractivity contribution in [1.82, 2.24) is 10.2 Å². The second-order valence-corrected chi connectivity index (χ2v) is 7.57. The summed E-state index contributed by atoms with van der Waals surface area (Å²) in [5, 5.41) is 5.96. The molecule has 1 aliphatic heterocycles. The van der Waals surface area contributed by atoms with E-state index in [4.69, 9.17) is 0 Å². The average Bonchev–Trinajstić information content (AvgIpc) is 3.53. The van der Waals surface area contributed by atoms with Crippen LogP contribution >= 0.6 is 0 Å². The van der Waals surface area contributed by atoms with Gasteiger partial charge in [-0.15, -0.1) is 0 Å². The molecule has 2 N–H and O–H groups in total. The minimum absolute atomic E-state index is 0.0401. The molecule has 1 saturated heterocycles. The summed E-state index contributed by atoms with van der Waals surface area (Å²) in [5.74, 6) is 0.211. The van der Waals surface area contributed by atoms with Crippen molar-refractivity contribution in [1.29, 1.82) is 0 Å². The molecule has 1 saturated carbocycles. The fourth-order valence-electron chi connectivity index (χ4n) is 3.54. The third-order valence-corrected chi connectivity index (χ3v) is 5.41. The smallest absolute Gasteiger partial charge is 0.243 e. The van der Waals surface area contributed by atoms with Crippen molar-refractivity contribution in [2.45, 2.75) is 64.5 Å². The SMILES string of the molecule is CCC(=O)N1CCCCC1C(=O)NC(C)c1ccc(NC(=O)C2CC2)cc1. The minimum Gasteiger partial charge on any atom is -0.348 e. The van der Waals surface area contributed by atoms with E-state index in [-0.39, 0.29) is 35.7 Å². The molecule has 6 heteroatoms. The van der Waals surface area contributed by atoms with Crippen LogP contribution in [0.3, 0.4) is 0 Å². The van der Waals surface area contributed by atoms with E-state index in [1.807, 2.05) is 38.1 Å². The van der Waals surface area contributed by atoms with Gasteiger partial charge in [-0.3, -0.25) is 14.4 Å². The normalized spacial score (nSPS) is 20.7. The van der Waals surface area contributed by atoms with Gasteiger partial charge < -0.3 is 15.5 Å². The van der Waals surface area contributed by atoms with E-state index in [1.54, 1.807) is 4.90 Å². The molecule has 1 aromatic carbocycles. The zero-order chi connectivity index (χ0) is 19.4. The van der Waals surface area contributed by atoms with Crippen molar-refractivity contribution in [2.75, 3.05) is 11.9 Å². The molecular weight excluding hydrogens is 342 g/mol. The minimum atomic E-state index is -0.370. The molecule has 0 spiro atoms. The van der Waals surface area contributed by atoms with E-state index < -0.39 is 0 Å². The van der Waals surface area contributed by atoms with Crippen LogP contribution in [-0.2, 0) is 14.4 Å². The van der Waals surface area contributed by atoms with E-state index in [9.17, 15) is 14.4 Å². The van der Waals surface area contributed by atoms with Crippen LogP contribution in [0.25, 0.3) is 0 Å². The molecule has 3 amide bonds. The van der Waals surface area contributed by atoms with E-state index in [1.165, 1.54) is 0 Å². The van der Waals surface area contributed by atoms with Crippen molar-refractivity contribution < 1.29 is 14.4 Å². The number of hydrogen-bond acceptors (Lipinski definition) is 3. The van der Waals surface area contributed by atoms with Gasteiger partial charge in [-0.1, -0.05) is 19.1 Å². The highest BCUT2D eigenvalue weighted by molar-refractivity contribution is 5.94. The highest BCUT2D eigenvalue weighted by Crippen LogP contribution is 2.30. The third-order valence-electron chi connectivity index (χ3n) is 5.41. The van der Waals surface area contributed by atoms with Gasteiger partial charge in [-0.25, -0.2) is 0 Å². The highest BCUT2D eigenvalue weighted by atomic mass is 16.2. The van der Waals surface area contributed by atoms with Gasteiger partial charge in [-0.05, 0) is 56.7 Å². The van der Waals surface area contributed by atoms with Gasteiger partial charge in [0, 0.05) is 24.6 Å². The molecule has 2 unspecified atom stereocenters. The lowest BCUT2D eigenvalue weighted by molar-refractivity contribution is -0.142. The molecule has 0 bridgehead atoms. The Balaban J connectivity index is 1.58. The fourth-order valence-corrected chi connectivity index (χ4v) is 3.54. The van der Waals surface area contributed by atoms with E-state index in [0.717, 1.165) is 43.4 Å². The lowest BCUT2D eigenvalue weighted by Gasteiger charge is -2.35. The number of rotatable bonds is 6. The summed E-state index contributed by atoms with van der Waals surface area (Å²) in [4.78, 5) is 38.4. The Morgan fingerprint density at radius 3 is 2.41 bits per heavy atom. The Labute approximate surface area is 160 Å². The molecular formula is C21H29N3O3. The Morgan fingerprint density at radius 2 is 1.78 bits per heavy atom. The summed E-state index contributed by atoms with van der Waals surface area (Å²) < 4.78 is 0. The number of hydrogen-bond donors (Lipinski definition) is 2. The lowest BCUT2D eigenvalue weighted by Crippen LogP contribution is -2.52. The third kappa shape index (κ3) is 4.87. The van der Waals surface area contributed by atoms with Gasteiger partial charge >= 0.3 is 0 Å². The standard InChI is InChI=1S/C21H29N3O3/c1-3-19(25)24-13-5-4-6-18(24)21(27)22-14(2)15-9-11-17(12-10-15)23-20(26)16-7-8-16/h9-12,14,16,18H,3-8,13H2,1-2H3,(H,22,27)(H,23,26). The van der Waals surface area contributed by atoms with Crippen molar-refractivity contribution in [3.8, 4) is 0 Å². The number of nitrogens with zero attached hydrogens (tertiary/aromatic N) is 1. The predicted molar refractivity (Wildman–Crippen MR) is 104 cm³/mol. The van der Waals surface area contributed by atoms with Crippen LogP contribution in [0.4, 0.5) is 5.69 Å². The number of nitrogens with one attached hydrogen (secondary N) is 2. The van der Waals surface area contributed by atoms with Gasteiger partial charge in [0.05, 0.1) is 6.04 Å². The zero-order valence-electron chi connectivity index (χ0n) is 16.2. The maximum absolute atomic E-state index is 12.7. The quantitative estimate of drug-likeness (QED) is 0.807. The fraction of sp³-hybridized carbons (Fsp3) is 0.571. The van der Waals surface area contributed by atoms with Crippen LogP contribution in [-0.4, -0.2) is 35.2 Å². The van der Waals surface area contributed by atoms with E-state index in [2.05, 4.69) is 10.6 Å². The van der Waals surface area contributed by atoms with Crippen molar-refractivity contribution in [3.63, 3.8) is 0 Å². The molecule has 0 aromatic heterocycles. The second-order valence-electron chi connectivity index (χ2n) is 7.57. The number of anilines is 1. The summed E-state index contributed by atoms with van der Waals surface area (Å²) in [7, 11) is 0. The van der Waals surface area contributed by atoms with Gasteiger partial charge in [0.1, 0.15) is 6.04 Å². The number of carbonyl (C=O) groups excluding carboxylic acids is 3. The van der Waals surface area contributed by atoms with Gasteiger partial charge in [0.15, 0.2) is 0 Å². The van der Waals surface area contributed by atoms with Crippen molar-refractivity contribution in [3.05, 3.63) is 29.8 Å². The topological polar surface area (TPSA) is 78.5 Å².